The Morgan fingerprint density at radius 3 is 2.37 bits per heavy atom. The number of ether oxygens (including phenoxy) is 4. The van der Waals surface area contributed by atoms with Crippen LogP contribution in [0, 0.1) is 34.5 Å². The fourth-order valence-corrected chi connectivity index (χ4v) is 9.07. The quantitative estimate of drug-likeness (QED) is 0.403. The van der Waals surface area contributed by atoms with E-state index in [9.17, 15) is 18.0 Å². The molecule has 9 atom stereocenters. The highest BCUT2D eigenvalue weighted by atomic mass is 32.2. The van der Waals surface area contributed by atoms with Gasteiger partial charge in [-0.3, -0.25) is 13.8 Å². The van der Waals surface area contributed by atoms with E-state index in [1.165, 1.54) is 6.92 Å². The maximum absolute atomic E-state index is 12.9. The van der Waals surface area contributed by atoms with Gasteiger partial charge in [0.25, 0.3) is 10.1 Å². The molecule has 3 heterocycles. The van der Waals surface area contributed by atoms with Crippen LogP contribution >= 0.6 is 0 Å². The van der Waals surface area contributed by atoms with Crippen LogP contribution in [0.15, 0.2) is 0 Å². The first kappa shape index (κ1) is 25.6. The minimum absolute atomic E-state index is 0.0180. The molecule has 198 valence electrons. The lowest BCUT2D eigenvalue weighted by molar-refractivity contribution is -0.325. The van der Waals surface area contributed by atoms with E-state index >= 15 is 0 Å². The molecule has 0 aromatic carbocycles. The predicted molar refractivity (Wildman–Crippen MR) is 124 cm³/mol. The fourth-order valence-electron chi connectivity index (χ4n) is 8.39. The second kappa shape index (κ2) is 8.21. The molecule has 3 saturated heterocycles. The highest BCUT2D eigenvalue weighted by molar-refractivity contribution is 7.86. The third kappa shape index (κ3) is 4.07. The summed E-state index contributed by atoms with van der Waals surface area (Å²) in [5.41, 5.74) is -0.837. The van der Waals surface area contributed by atoms with E-state index < -0.39 is 33.4 Å². The third-order valence-corrected chi connectivity index (χ3v) is 10.0. The molecule has 6 fully saturated rings. The molecule has 3 aliphatic heterocycles. The number of hydrogen-bond donors (Lipinski definition) is 0. The summed E-state index contributed by atoms with van der Waals surface area (Å²) in [6.07, 6.45) is 2.43. The molecule has 3 saturated carbocycles. The van der Waals surface area contributed by atoms with Gasteiger partial charge in [-0.1, -0.05) is 13.8 Å². The molecule has 1 spiro atoms. The standard InChI is InChI=1S/C25H38O9S/c1-13(26)30-11-17(27)14-7-8-16-15(9-14)20-21(33-24(4,5)32-20)22-23(2,3)18-10-19(34-35(6,28)29)25(16,22)12-31-18/h14-16,18-22H,7-12H2,1-6H3/t14-,15-,16-,18-,19-,20-,21-,22-,25-/m1/s1. The maximum Gasteiger partial charge on any atom is 0.303 e. The van der Waals surface area contributed by atoms with Gasteiger partial charge in [-0.2, -0.15) is 8.42 Å². The van der Waals surface area contributed by atoms with Crippen LogP contribution in [0.5, 0.6) is 0 Å². The summed E-state index contributed by atoms with van der Waals surface area (Å²) < 4.78 is 55.0. The molecule has 0 N–H and O–H groups in total. The van der Waals surface area contributed by atoms with Crippen LogP contribution in [0.2, 0.25) is 0 Å². The van der Waals surface area contributed by atoms with Crippen LogP contribution in [-0.4, -0.2) is 69.8 Å². The summed E-state index contributed by atoms with van der Waals surface area (Å²) in [6.45, 7) is 9.68. The van der Waals surface area contributed by atoms with Crippen molar-refractivity contribution in [2.45, 2.75) is 90.5 Å². The lowest BCUT2D eigenvalue weighted by atomic mass is 9.39. The Kier molecular flexibility index (Phi) is 6.00. The van der Waals surface area contributed by atoms with Crippen LogP contribution in [-0.2, 0) is 42.8 Å². The molecule has 2 bridgehead atoms. The summed E-state index contributed by atoms with van der Waals surface area (Å²) in [6, 6.07) is 0. The van der Waals surface area contributed by atoms with E-state index in [0.717, 1.165) is 12.7 Å². The van der Waals surface area contributed by atoms with Crippen molar-refractivity contribution in [3.63, 3.8) is 0 Å². The first-order valence-corrected chi connectivity index (χ1v) is 14.5. The van der Waals surface area contributed by atoms with Gasteiger partial charge >= 0.3 is 5.97 Å². The van der Waals surface area contributed by atoms with Crippen LogP contribution in [0.4, 0.5) is 0 Å². The molecule has 0 radical (unpaired) electrons. The molecule has 10 heteroatoms. The molecular formula is C25H38O9S. The fraction of sp³-hybridized carbons (Fsp3) is 0.920. The number of esters is 1. The molecule has 0 unspecified atom stereocenters. The number of rotatable bonds is 5. The van der Waals surface area contributed by atoms with Crippen molar-refractivity contribution in [3.8, 4) is 0 Å². The first-order chi connectivity index (χ1) is 16.2. The molecule has 6 rings (SSSR count). The van der Waals surface area contributed by atoms with E-state index in [0.29, 0.717) is 25.9 Å². The molecule has 0 aromatic rings. The van der Waals surface area contributed by atoms with Crippen molar-refractivity contribution < 1.29 is 41.1 Å². The van der Waals surface area contributed by atoms with E-state index in [1.807, 2.05) is 13.8 Å². The number of fused-ring (bicyclic) bond motifs is 5. The van der Waals surface area contributed by atoms with Crippen molar-refractivity contribution in [1.29, 1.82) is 0 Å². The molecule has 6 aliphatic rings. The SMILES string of the molecule is CC(=O)OCC(=O)[C@@H]1CC[C@@H]2[C@@H](C1)[C@H]1OC(C)(C)O[C@H]1[C@@H]1C(C)(C)[C@H]3C[C@@H](OS(C)(=O)=O)[C@@]21CO3. The zero-order valence-corrected chi connectivity index (χ0v) is 22.3. The van der Waals surface area contributed by atoms with Crippen LogP contribution < -0.4 is 0 Å². The molecule has 35 heavy (non-hydrogen) atoms. The third-order valence-electron chi connectivity index (χ3n) is 9.44. The zero-order valence-electron chi connectivity index (χ0n) is 21.4. The van der Waals surface area contributed by atoms with E-state index in [1.54, 1.807) is 0 Å². The minimum Gasteiger partial charge on any atom is -0.458 e. The Morgan fingerprint density at radius 2 is 1.71 bits per heavy atom. The zero-order chi connectivity index (χ0) is 25.6. The van der Waals surface area contributed by atoms with Gasteiger partial charge in [-0.05, 0) is 50.4 Å². The summed E-state index contributed by atoms with van der Waals surface area (Å²) in [5.74, 6) is -1.59. The Morgan fingerprint density at radius 1 is 1.03 bits per heavy atom. The van der Waals surface area contributed by atoms with E-state index in [-0.39, 0.29) is 59.8 Å². The van der Waals surface area contributed by atoms with Gasteiger partial charge in [0.05, 0.1) is 37.3 Å². The summed E-state index contributed by atoms with van der Waals surface area (Å²) in [5, 5.41) is 0. The molecule has 0 aromatic heterocycles. The molecule has 9 nitrogen and oxygen atoms in total. The van der Waals surface area contributed by atoms with Gasteiger partial charge < -0.3 is 18.9 Å². The van der Waals surface area contributed by atoms with Crippen molar-refractivity contribution in [2.24, 2.45) is 34.5 Å². The summed E-state index contributed by atoms with van der Waals surface area (Å²) >= 11 is 0. The average Bonchev–Trinajstić information content (AvgIpc) is 3.06. The van der Waals surface area contributed by atoms with Crippen molar-refractivity contribution in [2.75, 3.05) is 19.5 Å². The maximum atomic E-state index is 12.9. The topological polar surface area (TPSA) is 114 Å². The number of carbonyl (C=O) groups excluding carboxylic acids is 2. The van der Waals surface area contributed by atoms with Gasteiger partial charge in [0, 0.05) is 30.6 Å². The number of hydrogen-bond acceptors (Lipinski definition) is 9. The van der Waals surface area contributed by atoms with Crippen molar-refractivity contribution >= 4 is 21.9 Å². The second-order valence-electron chi connectivity index (χ2n) is 12.3. The Bertz CT molecular complexity index is 1000. The van der Waals surface area contributed by atoms with Gasteiger partial charge in [0.2, 0.25) is 0 Å². The average molecular weight is 515 g/mol. The van der Waals surface area contributed by atoms with Crippen LogP contribution in [0.25, 0.3) is 0 Å². The monoisotopic (exact) mass is 514 g/mol. The molecule has 3 aliphatic carbocycles. The van der Waals surface area contributed by atoms with Gasteiger partial charge in [0.1, 0.15) is 6.61 Å². The molecule has 0 amide bonds. The first-order valence-electron chi connectivity index (χ1n) is 12.7. The summed E-state index contributed by atoms with van der Waals surface area (Å²) in [4.78, 5) is 24.2. The minimum atomic E-state index is -3.69. The van der Waals surface area contributed by atoms with Crippen molar-refractivity contribution in [3.05, 3.63) is 0 Å². The van der Waals surface area contributed by atoms with Gasteiger partial charge in [-0.25, -0.2) is 0 Å². The number of Topliss-reactive ketones (excluding diaryl/α,β-unsaturated/α-hetero) is 1. The second-order valence-corrected chi connectivity index (χ2v) is 13.9. The van der Waals surface area contributed by atoms with E-state index in [2.05, 4.69) is 13.8 Å². The largest absolute Gasteiger partial charge is 0.458 e. The summed E-state index contributed by atoms with van der Waals surface area (Å²) in [7, 11) is -3.69. The predicted octanol–water partition coefficient (Wildman–Crippen LogP) is 2.46. The lowest BCUT2D eigenvalue weighted by Crippen LogP contribution is -2.76. The van der Waals surface area contributed by atoms with Gasteiger partial charge in [0.15, 0.2) is 11.6 Å². The molecular weight excluding hydrogens is 476 g/mol. The Hall–Kier alpha value is -1.07. The lowest BCUT2D eigenvalue weighted by Gasteiger charge is -2.70. The highest BCUT2D eigenvalue weighted by Crippen LogP contribution is 2.70. The highest BCUT2D eigenvalue weighted by Gasteiger charge is 2.75. The van der Waals surface area contributed by atoms with Gasteiger partial charge in [-0.15, -0.1) is 0 Å². The van der Waals surface area contributed by atoms with E-state index in [4.69, 9.17) is 23.1 Å². The number of carbonyl (C=O) groups is 2. The smallest absolute Gasteiger partial charge is 0.303 e. The number of ketones is 1. The van der Waals surface area contributed by atoms with Crippen LogP contribution in [0.1, 0.15) is 60.3 Å². The van der Waals surface area contributed by atoms with Crippen molar-refractivity contribution in [1.82, 2.24) is 0 Å². The normalized spacial score (nSPS) is 45.2. The Labute approximate surface area is 207 Å². The van der Waals surface area contributed by atoms with Crippen LogP contribution in [0.3, 0.4) is 0 Å². The Balaban J connectivity index is 1.55.